The molecule has 11 nitrogen and oxygen atoms in total. The van der Waals surface area contributed by atoms with Crippen molar-refractivity contribution in [2.24, 2.45) is 0 Å². The zero-order valence-electron chi connectivity index (χ0n) is 14.0. The smallest absolute Gasteiger partial charge is 0.343 e. The normalized spacial score (nSPS) is 13.9. The molecule has 0 bridgehead atoms. The van der Waals surface area contributed by atoms with Crippen LogP contribution in [0.5, 0.6) is 0 Å². The first-order valence-electron chi connectivity index (χ1n) is 7.89. The van der Waals surface area contributed by atoms with Crippen LogP contribution >= 0.6 is 0 Å². The second-order valence-corrected chi connectivity index (χ2v) is 5.80. The van der Waals surface area contributed by atoms with Gasteiger partial charge in [0, 0.05) is 12.1 Å². The molecule has 2 N–H and O–H groups in total. The maximum Gasteiger partial charge on any atom is 0.343 e. The van der Waals surface area contributed by atoms with Gasteiger partial charge < -0.3 is 10.1 Å². The zero-order chi connectivity index (χ0) is 19.3. The molecule has 0 spiro atoms. The van der Waals surface area contributed by atoms with Crippen molar-refractivity contribution in [3.8, 4) is 0 Å². The fourth-order valence-electron chi connectivity index (χ4n) is 2.71. The highest BCUT2D eigenvalue weighted by Gasteiger charge is 2.22. The summed E-state index contributed by atoms with van der Waals surface area (Å²) in [7, 11) is 1.02. The minimum Gasteiger partial charge on any atom is -0.465 e. The number of nitrogens with one attached hydrogen (secondary N) is 2. The van der Waals surface area contributed by atoms with Crippen molar-refractivity contribution in [1.82, 2.24) is 15.2 Å². The van der Waals surface area contributed by atoms with E-state index in [1.165, 1.54) is 0 Å². The molecule has 1 fully saturated rings. The average Bonchev–Trinajstić information content (AvgIpc) is 3.08. The summed E-state index contributed by atoms with van der Waals surface area (Å²) in [5.74, 6) is -1.91. The molecule has 0 saturated heterocycles. The monoisotopic (exact) mass is 366 g/mol. The van der Waals surface area contributed by atoms with Gasteiger partial charge in [0.1, 0.15) is 12.1 Å². The SMILES string of the molecule is COC(=O)c1cc([N+](=O)[O-])cn(CC(=O)NC(=O)NC2CCCC2)c1=O. The lowest BCUT2D eigenvalue weighted by molar-refractivity contribution is -0.385. The van der Waals surface area contributed by atoms with Crippen molar-refractivity contribution in [3.63, 3.8) is 0 Å². The molecule has 1 aromatic rings. The third-order valence-electron chi connectivity index (χ3n) is 3.95. The van der Waals surface area contributed by atoms with E-state index in [1.807, 2.05) is 0 Å². The summed E-state index contributed by atoms with van der Waals surface area (Å²) in [5.41, 5.74) is -2.08. The summed E-state index contributed by atoms with van der Waals surface area (Å²) in [6.45, 7) is -0.664. The number of imide groups is 1. The van der Waals surface area contributed by atoms with E-state index < -0.39 is 46.2 Å². The summed E-state index contributed by atoms with van der Waals surface area (Å²) in [6, 6.07) is 0.0675. The number of nitro groups is 1. The van der Waals surface area contributed by atoms with Gasteiger partial charge in [0.15, 0.2) is 0 Å². The number of urea groups is 1. The maximum absolute atomic E-state index is 12.2. The molecular formula is C15H18N4O7. The van der Waals surface area contributed by atoms with E-state index in [0.717, 1.165) is 45.1 Å². The Hall–Kier alpha value is -3.24. The largest absolute Gasteiger partial charge is 0.465 e. The van der Waals surface area contributed by atoms with E-state index in [0.29, 0.717) is 4.57 Å². The molecule has 1 saturated carbocycles. The van der Waals surface area contributed by atoms with Crippen molar-refractivity contribution < 1.29 is 24.0 Å². The van der Waals surface area contributed by atoms with Gasteiger partial charge in [0.25, 0.3) is 11.2 Å². The Kier molecular flexibility index (Phi) is 6.04. The van der Waals surface area contributed by atoms with Gasteiger partial charge in [-0.05, 0) is 12.8 Å². The molecule has 140 valence electrons. The minimum atomic E-state index is -1.06. The van der Waals surface area contributed by atoms with Crippen LogP contribution in [0, 0.1) is 10.1 Å². The lowest BCUT2D eigenvalue weighted by atomic mass is 10.2. The van der Waals surface area contributed by atoms with E-state index in [2.05, 4.69) is 15.4 Å². The Bertz CT molecular complexity index is 796. The summed E-state index contributed by atoms with van der Waals surface area (Å²) >= 11 is 0. The number of aromatic nitrogens is 1. The van der Waals surface area contributed by atoms with Gasteiger partial charge >= 0.3 is 12.0 Å². The second kappa shape index (κ2) is 8.23. The predicted octanol–water partition coefficient (Wildman–Crippen LogP) is 0.311. The Balaban J connectivity index is 2.13. The van der Waals surface area contributed by atoms with Gasteiger partial charge in [-0.2, -0.15) is 0 Å². The number of carbonyl (C=O) groups is 3. The van der Waals surface area contributed by atoms with Crippen LogP contribution in [-0.2, 0) is 16.1 Å². The molecule has 0 radical (unpaired) electrons. The number of amides is 3. The fourth-order valence-corrected chi connectivity index (χ4v) is 2.71. The summed E-state index contributed by atoms with van der Waals surface area (Å²) in [4.78, 5) is 57.7. The third kappa shape index (κ3) is 4.65. The van der Waals surface area contributed by atoms with Crippen molar-refractivity contribution in [1.29, 1.82) is 0 Å². The van der Waals surface area contributed by atoms with Crippen LogP contribution in [0.25, 0.3) is 0 Å². The number of ether oxygens (including phenoxy) is 1. The first kappa shape index (κ1) is 19.1. The predicted molar refractivity (Wildman–Crippen MR) is 87.6 cm³/mol. The number of carbonyl (C=O) groups excluding carboxylic acids is 3. The molecule has 0 unspecified atom stereocenters. The Morgan fingerprint density at radius 1 is 1.35 bits per heavy atom. The molecule has 1 aliphatic rings. The molecule has 0 atom stereocenters. The molecule has 2 rings (SSSR count). The molecule has 1 heterocycles. The highest BCUT2D eigenvalue weighted by molar-refractivity contribution is 5.94. The number of pyridine rings is 1. The van der Waals surface area contributed by atoms with Gasteiger partial charge in [-0.1, -0.05) is 12.8 Å². The van der Waals surface area contributed by atoms with Crippen molar-refractivity contribution >= 4 is 23.6 Å². The number of nitrogens with zero attached hydrogens (tertiary/aromatic N) is 2. The van der Waals surface area contributed by atoms with E-state index in [9.17, 15) is 29.3 Å². The van der Waals surface area contributed by atoms with E-state index in [4.69, 9.17) is 0 Å². The number of hydrogen-bond acceptors (Lipinski definition) is 7. The highest BCUT2D eigenvalue weighted by atomic mass is 16.6. The van der Waals surface area contributed by atoms with Crippen LogP contribution in [0.4, 0.5) is 10.5 Å². The lowest BCUT2D eigenvalue weighted by Crippen LogP contribution is -2.45. The van der Waals surface area contributed by atoms with Gasteiger partial charge in [0.2, 0.25) is 5.91 Å². The van der Waals surface area contributed by atoms with Gasteiger partial charge in [-0.15, -0.1) is 0 Å². The van der Waals surface area contributed by atoms with Crippen molar-refractivity contribution in [2.75, 3.05) is 7.11 Å². The van der Waals surface area contributed by atoms with Gasteiger partial charge in [0.05, 0.1) is 18.2 Å². The number of rotatable bonds is 5. The topological polar surface area (TPSA) is 150 Å². The van der Waals surface area contributed by atoms with Crippen molar-refractivity contribution in [3.05, 3.63) is 38.3 Å². The Labute approximate surface area is 147 Å². The number of esters is 1. The van der Waals surface area contributed by atoms with Gasteiger partial charge in [-0.3, -0.25) is 29.6 Å². The lowest BCUT2D eigenvalue weighted by Gasteiger charge is -2.13. The average molecular weight is 366 g/mol. The van der Waals surface area contributed by atoms with E-state index in [-0.39, 0.29) is 6.04 Å². The van der Waals surface area contributed by atoms with Gasteiger partial charge in [-0.25, -0.2) is 9.59 Å². The highest BCUT2D eigenvalue weighted by Crippen LogP contribution is 2.17. The molecular weight excluding hydrogens is 348 g/mol. The molecule has 3 amide bonds. The first-order valence-corrected chi connectivity index (χ1v) is 7.89. The zero-order valence-corrected chi connectivity index (χ0v) is 14.0. The standard InChI is InChI=1S/C15H18N4O7/c1-26-14(22)11-6-10(19(24)25)7-18(13(11)21)8-12(20)17-15(23)16-9-4-2-3-5-9/h6-7,9H,2-5,8H2,1H3,(H2,16,17,20,23). The van der Waals surface area contributed by atoms with Crippen LogP contribution in [0.2, 0.25) is 0 Å². The summed E-state index contributed by atoms with van der Waals surface area (Å²) < 4.78 is 5.09. The molecule has 11 heteroatoms. The van der Waals surface area contributed by atoms with Crippen LogP contribution in [0.3, 0.4) is 0 Å². The maximum atomic E-state index is 12.2. The molecule has 1 aliphatic carbocycles. The van der Waals surface area contributed by atoms with Crippen LogP contribution in [0.15, 0.2) is 17.1 Å². The van der Waals surface area contributed by atoms with Crippen LogP contribution < -0.4 is 16.2 Å². The second-order valence-electron chi connectivity index (χ2n) is 5.80. The first-order chi connectivity index (χ1) is 12.3. The summed E-state index contributed by atoms with van der Waals surface area (Å²) in [6.07, 6.45) is 4.47. The van der Waals surface area contributed by atoms with Crippen molar-refractivity contribution in [2.45, 2.75) is 38.3 Å². The fraction of sp³-hybridized carbons (Fsp3) is 0.467. The molecule has 0 aromatic carbocycles. The molecule has 0 aliphatic heterocycles. The van der Waals surface area contributed by atoms with Crippen LogP contribution in [0.1, 0.15) is 36.0 Å². The van der Waals surface area contributed by atoms with E-state index in [1.54, 1.807) is 0 Å². The molecule has 26 heavy (non-hydrogen) atoms. The third-order valence-corrected chi connectivity index (χ3v) is 3.95. The molecule has 1 aromatic heterocycles. The summed E-state index contributed by atoms with van der Waals surface area (Å²) in [5, 5.41) is 15.7. The number of methoxy groups -OCH3 is 1. The minimum absolute atomic E-state index is 0.00531. The quantitative estimate of drug-likeness (QED) is 0.432. The Morgan fingerprint density at radius 3 is 2.58 bits per heavy atom. The Morgan fingerprint density at radius 2 is 2.00 bits per heavy atom. The van der Waals surface area contributed by atoms with Crippen LogP contribution in [-0.4, -0.2) is 40.5 Å². The number of hydrogen-bond donors (Lipinski definition) is 2. The van der Waals surface area contributed by atoms with E-state index >= 15 is 0 Å².